The van der Waals surface area contributed by atoms with Crippen LogP contribution in [0.5, 0.6) is 11.5 Å². The van der Waals surface area contributed by atoms with E-state index in [0.717, 1.165) is 0 Å². The van der Waals surface area contributed by atoms with E-state index in [4.69, 9.17) is 9.47 Å². The third kappa shape index (κ3) is 5.55. The van der Waals surface area contributed by atoms with Gasteiger partial charge in [0.1, 0.15) is 6.29 Å². The lowest BCUT2D eigenvalue weighted by atomic mass is 10.2. The monoisotopic (exact) mass is 420 g/mol. The number of ether oxygens (including phenoxy) is 2. The summed E-state index contributed by atoms with van der Waals surface area (Å²) < 4.78 is 37.2. The fraction of sp³-hybridized carbons (Fsp3) is 0.300. The second-order valence-electron chi connectivity index (χ2n) is 5.98. The first-order valence-corrected chi connectivity index (χ1v) is 10.5. The maximum absolute atomic E-state index is 12.6. The van der Waals surface area contributed by atoms with Gasteiger partial charge in [0.2, 0.25) is 10.0 Å². The van der Waals surface area contributed by atoms with Crippen molar-refractivity contribution in [2.24, 2.45) is 0 Å². The van der Waals surface area contributed by atoms with Crippen LogP contribution < -0.4 is 14.8 Å². The smallest absolute Gasteiger partial charge is 0.262 e. The number of aldehydes is 1. The maximum Gasteiger partial charge on any atom is 0.262 e. The molecule has 29 heavy (non-hydrogen) atoms. The summed E-state index contributed by atoms with van der Waals surface area (Å²) in [6, 6.07) is 10.6. The number of rotatable bonds is 10. The Hall–Kier alpha value is -2.91. The standard InChI is InChI=1S/C20H24N2O6S/c1-4-22(5-2)29(25,26)17-8-6-7-16(12-17)21-20(24)14-28-18-10-9-15(13-23)11-19(18)27-3/h6-13H,4-5,14H2,1-3H3,(H,21,24). The zero-order chi connectivity index (χ0) is 21.4. The average molecular weight is 420 g/mol. The average Bonchev–Trinajstić information content (AvgIpc) is 2.73. The largest absolute Gasteiger partial charge is 0.493 e. The number of nitrogens with one attached hydrogen (secondary N) is 1. The SMILES string of the molecule is CCN(CC)S(=O)(=O)c1cccc(NC(=O)COc2ccc(C=O)cc2OC)c1. The molecule has 2 aromatic carbocycles. The van der Waals surface area contributed by atoms with E-state index in [9.17, 15) is 18.0 Å². The van der Waals surface area contributed by atoms with Crippen molar-refractivity contribution in [3.63, 3.8) is 0 Å². The number of carbonyl (C=O) groups is 2. The van der Waals surface area contributed by atoms with Gasteiger partial charge in [0.05, 0.1) is 12.0 Å². The molecular weight excluding hydrogens is 396 g/mol. The summed E-state index contributed by atoms with van der Waals surface area (Å²) >= 11 is 0. The molecule has 0 aliphatic carbocycles. The van der Waals surface area contributed by atoms with E-state index in [2.05, 4.69) is 5.32 Å². The predicted octanol–water partition coefficient (Wildman–Crippen LogP) is 2.56. The zero-order valence-corrected chi connectivity index (χ0v) is 17.4. The molecule has 0 aromatic heterocycles. The number of benzene rings is 2. The molecule has 8 nitrogen and oxygen atoms in total. The van der Waals surface area contributed by atoms with Crippen molar-refractivity contribution < 1.29 is 27.5 Å². The molecule has 0 heterocycles. The van der Waals surface area contributed by atoms with Gasteiger partial charge in [-0.15, -0.1) is 0 Å². The molecule has 0 aliphatic rings. The molecule has 2 rings (SSSR count). The van der Waals surface area contributed by atoms with Crippen molar-refractivity contribution in [2.75, 3.05) is 32.1 Å². The molecule has 0 bridgehead atoms. The molecule has 0 fully saturated rings. The van der Waals surface area contributed by atoms with E-state index >= 15 is 0 Å². The minimum atomic E-state index is -3.62. The van der Waals surface area contributed by atoms with Gasteiger partial charge in [-0.1, -0.05) is 19.9 Å². The molecule has 9 heteroatoms. The third-order valence-corrected chi connectivity index (χ3v) is 6.19. The summed E-state index contributed by atoms with van der Waals surface area (Å²) in [7, 11) is -2.20. The summed E-state index contributed by atoms with van der Waals surface area (Å²) in [6.45, 7) is 3.92. The first kappa shape index (κ1) is 22.4. The van der Waals surface area contributed by atoms with Crippen LogP contribution in [-0.4, -0.2) is 51.7 Å². The van der Waals surface area contributed by atoms with Crippen LogP contribution in [0.25, 0.3) is 0 Å². The minimum absolute atomic E-state index is 0.103. The van der Waals surface area contributed by atoms with Crippen molar-refractivity contribution in [1.29, 1.82) is 0 Å². The topological polar surface area (TPSA) is 102 Å². The van der Waals surface area contributed by atoms with E-state index in [1.54, 1.807) is 32.0 Å². The third-order valence-electron chi connectivity index (χ3n) is 4.14. The molecule has 0 unspecified atom stereocenters. The number of nitrogens with zero attached hydrogens (tertiary/aromatic N) is 1. The normalized spacial score (nSPS) is 11.2. The van der Waals surface area contributed by atoms with Crippen LogP contribution in [0.15, 0.2) is 47.4 Å². The van der Waals surface area contributed by atoms with Crippen LogP contribution in [0.1, 0.15) is 24.2 Å². The number of anilines is 1. The summed E-state index contributed by atoms with van der Waals surface area (Å²) in [5.41, 5.74) is 0.764. The van der Waals surface area contributed by atoms with Gasteiger partial charge in [-0.3, -0.25) is 9.59 Å². The van der Waals surface area contributed by atoms with Crippen molar-refractivity contribution in [3.05, 3.63) is 48.0 Å². The van der Waals surface area contributed by atoms with Gasteiger partial charge in [-0.05, 0) is 36.4 Å². The number of sulfonamides is 1. The van der Waals surface area contributed by atoms with E-state index in [-0.39, 0.29) is 11.5 Å². The number of carbonyl (C=O) groups excluding carboxylic acids is 2. The second kappa shape index (κ2) is 10.0. The van der Waals surface area contributed by atoms with E-state index in [1.807, 2.05) is 0 Å². The summed E-state index contributed by atoms with van der Waals surface area (Å²) in [6.07, 6.45) is 0.679. The Bertz CT molecular complexity index is 971. The molecular formula is C20H24N2O6S. The number of amides is 1. The molecule has 0 saturated heterocycles. The molecule has 1 amide bonds. The lowest BCUT2D eigenvalue weighted by molar-refractivity contribution is -0.118. The van der Waals surface area contributed by atoms with Crippen LogP contribution in [0.3, 0.4) is 0 Å². The Morgan fingerprint density at radius 3 is 2.45 bits per heavy atom. The van der Waals surface area contributed by atoms with Crippen molar-refractivity contribution in [3.8, 4) is 11.5 Å². The number of hydrogen-bond donors (Lipinski definition) is 1. The first-order chi connectivity index (χ1) is 13.8. The van der Waals surface area contributed by atoms with Gasteiger partial charge in [-0.2, -0.15) is 4.31 Å². The van der Waals surface area contributed by atoms with Gasteiger partial charge in [-0.25, -0.2) is 8.42 Å². The quantitative estimate of drug-likeness (QED) is 0.593. The van der Waals surface area contributed by atoms with Crippen molar-refractivity contribution in [1.82, 2.24) is 4.31 Å². The van der Waals surface area contributed by atoms with Crippen LogP contribution in [0.2, 0.25) is 0 Å². The predicted molar refractivity (Wildman–Crippen MR) is 109 cm³/mol. The molecule has 0 saturated carbocycles. The highest BCUT2D eigenvalue weighted by Crippen LogP contribution is 2.27. The second-order valence-corrected chi connectivity index (χ2v) is 7.92. The van der Waals surface area contributed by atoms with Gasteiger partial charge < -0.3 is 14.8 Å². The lowest BCUT2D eigenvalue weighted by Gasteiger charge is -2.19. The molecule has 1 N–H and O–H groups in total. The van der Waals surface area contributed by atoms with Gasteiger partial charge in [0, 0.05) is 24.3 Å². The Balaban J connectivity index is 2.08. The minimum Gasteiger partial charge on any atom is -0.493 e. The molecule has 0 atom stereocenters. The van der Waals surface area contributed by atoms with Crippen molar-refractivity contribution in [2.45, 2.75) is 18.7 Å². The van der Waals surface area contributed by atoms with Gasteiger partial charge in [0.25, 0.3) is 5.91 Å². The van der Waals surface area contributed by atoms with Crippen LogP contribution >= 0.6 is 0 Å². The van der Waals surface area contributed by atoms with Crippen LogP contribution in [0, 0.1) is 0 Å². The Morgan fingerprint density at radius 1 is 1.10 bits per heavy atom. The van der Waals surface area contributed by atoms with E-state index in [1.165, 1.54) is 35.7 Å². The Kier molecular flexibility index (Phi) is 7.74. The van der Waals surface area contributed by atoms with Gasteiger partial charge >= 0.3 is 0 Å². The lowest BCUT2D eigenvalue weighted by Crippen LogP contribution is -2.30. The van der Waals surface area contributed by atoms with E-state index < -0.39 is 15.9 Å². The fourth-order valence-electron chi connectivity index (χ4n) is 2.66. The van der Waals surface area contributed by atoms with Gasteiger partial charge in [0.15, 0.2) is 18.1 Å². The molecule has 0 spiro atoms. The highest BCUT2D eigenvalue weighted by Gasteiger charge is 2.21. The summed E-state index contributed by atoms with van der Waals surface area (Å²) in [5.74, 6) is 0.171. The van der Waals surface area contributed by atoms with Crippen LogP contribution in [0.4, 0.5) is 5.69 Å². The highest BCUT2D eigenvalue weighted by atomic mass is 32.2. The summed E-state index contributed by atoms with van der Waals surface area (Å²) in [4.78, 5) is 23.2. The number of methoxy groups -OCH3 is 1. The summed E-state index contributed by atoms with van der Waals surface area (Å²) in [5, 5.41) is 2.62. The molecule has 156 valence electrons. The molecule has 0 aliphatic heterocycles. The molecule has 0 radical (unpaired) electrons. The highest BCUT2D eigenvalue weighted by molar-refractivity contribution is 7.89. The maximum atomic E-state index is 12.6. The van der Waals surface area contributed by atoms with Crippen molar-refractivity contribution >= 4 is 27.9 Å². The Labute approximate surface area is 170 Å². The Morgan fingerprint density at radius 2 is 1.83 bits per heavy atom. The zero-order valence-electron chi connectivity index (χ0n) is 16.5. The first-order valence-electron chi connectivity index (χ1n) is 9.01. The molecule has 2 aromatic rings. The van der Waals surface area contributed by atoms with E-state index in [0.29, 0.717) is 42.1 Å². The van der Waals surface area contributed by atoms with Crippen LogP contribution in [-0.2, 0) is 14.8 Å². The fourth-order valence-corrected chi connectivity index (χ4v) is 4.17. The number of hydrogen-bond acceptors (Lipinski definition) is 6.